The lowest BCUT2D eigenvalue weighted by Crippen LogP contribution is -2.22. The number of carboxylic acid groups (broad SMARTS) is 1. The van der Waals surface area contributed by atoms with E-state index in [0.29, 0.717) is 18.0 Å². The molecule has 1 rings (SSSR count). The second kappa shape index (κ2) is 5.36. The summed E-state index contributed by atoms with van der Waals surface area (Å²) in [5.41, 5.74) is 0.900. The number of rotatable bonds is 6. The molecule has 0 spiro atoms. The molecule has 4 heteroatoms. The number of carbonyl (C=O) groups is 1. The molecule has 1 N–H and O–H groups in total. The minimum atomic E-state index is -0.886. The van der Waals surface area contributed by atoms with Gasteiger partial charge < -0.3 is 10.0 Å². The fourth-order valence-electron chi connectivity index (χ4n) is 1.20. The van der Waals surface area contributed by atoms with E-state index in [2.05, 4.69) is 13.2 Å². The van der Waals surface area contributed by atoms with Crippen LogP contribution in [0.2, 0.25) is 0 Å². The first kappa shape index (κ1) is 11.5. The van der Waals surface area contributed by atoms with Crippen LogP contribution in [0, 0.1) is 0 Å². The molecular weight excluding hydrogens is 210 g/mol. The summed E-state index contributed by atoms with van der Waals surface area (Å²) in [6.45, 7) is 8.69. The van der Waals surface area contributed by atoms with Gasteiger partial charge in [-0.3, -0.25) is 0 Å². The number of hydrogen-bond acceptors (Lipinski definition) is 3. The number of nitrogens with zero attached hydrogens (tertiary/aromatic N) is 1. The summed E-state index contributed by atoms with van der Waals surface area (Å²) < 4.78 is 0. The molecule has 1 heterocycles. The van der Waals surface area contributed by atoms with Gasteiger partial charge in [-0.05, 0) is 6.07 Å². The Morgan fingerprint density at radius 1 is 1.47 bits per heavy atom. The molecule has 3 nitrogen and oxygen atoms in total. The van der Waals surface area contributed by atoms with E-state index < -0.39 is 5.97 Å². The zero-order valence-corrected chi connectivity index (χ0v) is 9.17. The Labute approximate surface area is 93.0 Å². The molecule has 15 heavy (non-hydrogen) atoms. The topological polar surface area (TPSA) is 40.5 Å². The van der Waals surface area contributed by atoms with Gasteiger partial charge in [0.15, 0.2) is 0 Å². The fraction of sp³-hybridized carbons (Fsp3) is 0.182. The Balaban J connectivity index is 2.85. The molecule has 0 aliphatic rings. The summed E-state index contributed by atoms with van der Waals surface area (Å²) in [5, 5.41) is 10.6. The first-order chi connectivity index (χ1) is 7.19. The summed E-state index contributed by atoms with van der Waals surface area (Å²) >= 11 is 1.23. The number of hydrogen-bond donors (Lipinski definition) is 1. The van der Waals surface area contributed by atoms with Crippen molar-refractivity contribution in [2.75, 3.05) is 18.0 Å². The first-order valence-electron chi connectivity index (χ1n) is 4.47. The van der Waals surface area contributed by atoms with Crippen LogP contribution in [0.3, 0.4) is 0 Å². The van der Waals surface area contributed by atoms with Crippen molar-refractivity contribution in [3.05, 3.63) is 41.6 Å². The van der Waals surface area contributed by atoms with Crippen molar-refractivity contribution in [2.45, 2.75) is 0 Å². The van der Waals surface area contributed by atoms with Gasteiger partial charge in [0.05, 0.1) is 0 Å². The number of carboxylic acids is 1. The molecular formula is C11H13NO2S. The smallest absolute Gasteiger partial charge is 0.345 e. The second-order valence-corrected chi connectivity index (χ2v) is 3.87. The van der Waals surface area contributed by atoms with Gasteiger partial charge in [-0.1, -0.05) is 12.2 Å². The van der Waals surface area contributed by atoms with E-state index in [1.807, 2.05) is 10.3 Å². The second-order valence-electron chi connectivity index (χ2n) is 2.96. The molecule has 0 aromatic carbocycles. The van der Waals surface area contributed by atoms with Crippen LogP contribution in [0.5, 0.6) is 0 Å². The average molecular weight is 223 g/mol. The van der Waals surface area contributed by atoms with E-state index in [1.54, 1.807) is 18.2 Å². The predicted molar refractivity (Wildman–Crippen MR) is 63.9 cm³/mol. The first-order valence-corrected chi connectivity index (χ1v) is 5.35. The SMILES string of the molecule is C=CCN(CC=C)c1csc(C(=O)O)c1. The molecule has 80 valence electrons. The van der Waals surface area contributed by atoms with Crippen LogP contribution in [-0.4, -0.2) is 24.2 Å². The van der Waals surface area contributed by atoms with E-state index in [1.165, 1.54) is 11.3 Å². The molecule has 0 atom stereocenters. The standard InChI is InChI=1S/C11H13NO2S/c1-3-5-12(6-4-2)9-7-10(11(13)14)15-8-9/h3-4,7-8H,1-2,5-6H2,(H,13,14). The summed E-state index contributed by atoms with van der Waals surface area (Å²) in [5.74, 6) is -0.886. The molecule has 0 radical (unpaired) electrons. The third kappa shape index (κ3) is 2.95. The third-order valence-corrected chi connectivity index (χ3v) is 2.77. The van der Waals surface area contributed by atoms with E-state index in [0.717, 1.165) is 5.69 Å². The Kier molecular flexibility index (Phi) is 4.12. The van der Waals surface area contributed by atoms with Crippen molar-refractivity contribution in [1.82, 2.24) is 0 Å². The lowest BCUT2D eigenvalue weighted by molar-refractivity contribution is 0.0702. The van der Waals surface area contributed by atoms with E-state index in [4.69, 9.17) is 5.11 Å². The maximum Gasteiger partial charge on any atom is 0.345 e. The molecule has 0 saturated heterocycles. The van der Waals surface area contributed by atoms with Gasteiger partial charge in [0.25, 0.3) is 0 Å². The summed E-state index contributed by atoms with van der Waals surface area (Å²) in [6, 6.07) is 1.67. The highest BCUT2D eigenvalue weighted by molar-refractivity contribution is 7.12. The van der Waals surface area contributed by atoms with Crippen LogP contribution in [0.1, 0.15) is 9.67 Å². The van der Waals surface area contributed by atoms with Gasteiger partial charge in [0, 0.05) is 24.2 Å². The van der Waals surface area contributed by atoms with E-state index in [-0.39, 0.29) is 0 Å². The zero-order valence-electron chi connectivity index (χ0n) is 8.35. The molecule has 0 unspecified atom stereocenters. The van der Waals surface area contributed by atoms with Crippen molar-refractivity contribution < 1.29 is 9.90 Å². The van der Waals surface area contributed by atoms with Crippen LogP contribution in [0.15, 0.2) is 36.8 Å². The molecule has 0 fully saturated rings. The molecule has 0 amide bonds. The molecule has 1 aromatic heterocycles. The van der Waals surface area contributed by atoms with Crippen molar-refractivity contribution in [2.24, 2.45) is 0 Å². The average Bonchev–Trinajstić information content (AvgIpc) is 2.66. The lowest BCUT2D eigenvalue weighted by atomic mass is 10.3. The van der Waals surface area contributed by atoms with Crippen molar-refractivity contribution in [3.8, 4) is 0 Å². The molecule has 0 saturated carbocycles. The highest BCUT2D eigenvalue weighted by atomic mass is 32.1. The van der Waals surface area contributed by atoms with Crippen LogP contribution >= 0.6 is 11.3 Å². The fourth-order valence-corrected chi connectivity index (χ4v) is 1.96. The summed E-state index contributed by atoms with van der Waals surface area (Å²) in [7, 11) is 0. The monoisotopic (exact) mass is 223 g/mol. The molecule has 0 aliphatic heterocycles. The summed E-state index contributed by atoms with van der Waals surface area (Å²) in [6.07, 6.45) is 3.56. The van der Waals surface area contributed by atoms with Crippen LogP contribution in [0.25, 0.3) is 0 Å². The van der Waals surface area contributed by atoms with Crippen molar-refractivity contribution in [3.63, 3.8) is 0 Å². The van der Waals surface area contributed by atoms with Gasteiger partial charge in [-0.2, -0.15) is 0 Å². The maximum absolute atomic E-state index is 10.7. The zero-order chi connectivity index (χ0) is 11.3. The van der Waals surface area contributed by atoms with Gasteiger partial charge in [-0.25, -0.2) is 4.79 Å². The van der Waals surface area contributed by atoms with Gasteiger partial charge in [0.2, 0.25) is 0 Å². The summed E-state index contributed by atoms with van der Waals surface area (Å²) in [4.78, 5) is 13.1. The van der Waals surface area contributed by atoms with E-state index in [9.17, 15) is 4.79 Å². The molecule has 0 bridgehead atoms. The van der Waals surface area contributed by atoms with Gasteiger partial charge in [-0.15, -0.1) is 24.5 Å². The number of aromatic carboxylic acids is 1. The Hall–Kier alpha value is -1.55. The highest BCUT2D eigenvalue weighted by Gasteiger charge is 2.10. The minimum absolute atomic E-state index is 0.350. The molecule has 0 aliphatic carbocycles. The Morgan fingerprint density at radius 2 is 2.07 bits per heavy atom. The minimum Gasteiger partial charge on any atom is -0.477 e. The Morgan fingerprint density at radius 3 is 2.47 bits per heavy atom. The van der Waals surface area contributed by atoms with Crippen molar-refractivity contribution in [1.29, 1.82) is 0 Å². The number of thiophene rings is 1. The lowest BCUT2D eigenvalue weighted by Gasteiger charge is -2.19. The Bertz CT molecular complexity index is 360. The largest absolute Gasteiger partial charge is 0.477 e. The molecule has 1 aromatic rings. The van der Waals surface area contributed by atoms with Crippen LogP contribution in [-0.2, 0) is 0 Å². The highest BCUT2D eigenvalue weighted by Crippen LogP contribution is 2.23. The van der Waals surface area contributed by atoms with Crippen LogP contribution in [0.4, 0.5) is 5.69 Å². The van der Waals surface area contributed by atoms with Gasteiger partial charge >= 0.3 is 5.97 Å². The normalized spacial score (nSPS) is 9.60. The predicted octanol–water partition coefficient (Wildman–Crippen LogP) is 2.62. The van der Waals surface area contributed by atoms with Crippen molar-refractivity contribution >= 4 is 23.0 Å². The van der Waals surface area contributed by atoms with Gasteiger partial charge in [0.1, 0.15) is 4.88 Å². The van der Waals surface area contributed by atoms with Crippen LogP contribution < -0.4 is 4.90 Å². The quantitative estimate of drug-likeness (QED) is 0.754. The van der Waals surface area contributed by atoms with E-state index >= 15 is 0 Å². The number of anilines is 1. The third-order valence-electron chi connectivity index (χ3n) is 1.86. The maximum atomic E-state index is 10.7.